The molecule has 0 aliphatic heterocycles. The Hall–Kier alpha value is -1.54. The van der Waals surface area contributed by atoms with Crippen molar-refractivity contribution in [1.29, 1.82) is 0 Å². The van der Waals surface area contributed by atoms with Crippen LogP contribution >= 0.6 is 11.6 Å². The van der Waals surface area contributed by atoms with Crippen LogP contribution in [0, 0.1) is 0 Å². The molecule has 0 radical (unpaired) electrons. The van der Waals surface area contributed by atoms with Gasteiger partial charge in [-0.1, -0.05) is 35.9 Å². The molecule has 0 N–H and O–H groups in total. The second kappa shape index (κ2) is 4.38. The molecule has 0 amide bonds. The monoisotopic (exact) mass is 245 g/mol. The zero-order chi connectivity index (χ0) is 11.7. The van der Waals surface area contributed by atoms with Gasteiger partial charge in [-0.3, -0.25) is 0 Å². The van der Waals surface area contributed by atoms with Crippen LogP contribution in [0.25, 0.3) is 0 Å². The van der Waals surface area contributed by atoms with E-state index in [0.29, 0.717) is 10.9 Å². The number of benzene rings is 1. The molecule has 2 nitrogen and oxygen atoms in total. The van der Waals surface area contributed by atoms with Gasteiger partial charge in [0, 0.05) is 25.1 Å². The van der Waals surface area contributed by atoms with Crippen molar-refractivity contribution in [2.24, 2.45) is 0 Å². The molecule has 3 heteroatoms. The zero-order valence-electron chi connectivity index (χ0n) is 9.27. The fourth-order valence-electron chi connectivity index (χ4n) is 2.20. The molecular weight excluding hydrogens is 234 g/mol. The van der Waals surface area contributed by atoms with Crippen molar-refractivity contribution in [2.75, 3.05) is 0 Å². The highest BCUT2D eigenvalue weighted by Crippen LogP contribution is 2.25. The highest BCUT2D eigenvalue weighted by atomic mass is 35.5. The molecule has 0 fully saturated rings. The molecule has 0 spiro atoms. The summed E-state index contributed by atoms with van der Waals surface area (Å²) in [5.74, 6) is 0.646. The van der Waals surface area contributed by atoms with E-state index in [1.807, 2.05) is 6.07 Å². The minimum Gasteiger partial charge on any atom is -0.474 e. The summed E-state index contributed by atoms with van der Waals surface area (Å²) in [4.78, 5) is 4.15. The van der Waals surface area contributed by atoms with Gasteiger partial charge in [-0.15, -0.1) is 0 Å². The maximum Gasteiger partial charge on any atom is 0.213 e. The SMILES string of the molecule is Clc1ccc(OC2Cc3ccccc3C2)nc1. The first-order valence-corrected chi connectivity index (χ1v) is 6.04. The molecule has 0 saturated heterocycles. The van der Waals surface area contributed by atoms with Gasteiger partial charge in [0.15, 0.2) is 0 Å². The quantitative estimate of drug-likeness (QED) is 0.810. The van der Waals surface area contributed by atoms with E-state index in [4.69, 9.17) is 16.3 Å². The highest BCUT2D eigenvalue weighted by molar-refractivity contribution is 6.30. The Kier molecular flexibility index (Phi) is 2.73. The Balaban J connectivity index is 1.71. The van der Waals surface area contributed by atoms with Crippen LogP contribution in [0.3, 0.4) is 0 Å². The summed E-state index contributed by atoms with van der Waals surface area (Å²) in [6.45, 7) is 0. The first-order valence-electron chi connectivity index (χ1n) is 5.66. The van der Waals surface area contributed by atoms with Crippen molar-refractivity contribution in [3.05, 3.63) is 58.7 Å². The van der Waals surface area contributed by atoms with Crippen molar-refractivity contribution in [2.45, 2.75) is 18.9 Å². The van der Waals surface area contributed by atoms with E-state index in [-0.39, 0.29) is 6.10 Å². The van der Waals surface area contributed by atoms with Crippen molar-refractivity contribution >= 4 is 11.6 Å². The third-order valence-corrected chi connectivity index (χ3v) is 3.22. The van der Waals surface area contributed by atoms with Crippen LogP contribution in [0.15, 0.2) is 42.6 Å². The summed E-state index contributed by atoms with van der Waals surface area (Å²) >= 11 is 5.78. The molecule has 0 unspecified atom stereocenters. The average Bonchev–Trinajstić information content (AvgIpc) is 2.74. The van der Waals surface area contributed by atoms with Crippen molar-refractivity contribution in [3.8, 4) is 5.88 Å². The lowest BCUT2D eigenvalue weighted by Crippen LogP contribution is -2.16. The minimum absolute atomic E-state index is 0.195. The van der Waals surface area contributed by atoms with Crippen LogP contribution in [-0.4, -0.2) is 11.1 Å². The van der Waals surface area contributed by atoms with E-state index in [9.17, 15) is 0 Å². The smallest absolute Gasteiger partial charge is 0.213 e. The first-order chi connectivity index (χ1) is 8.31. The highest BCUT2D eigenvalue weighted by Gasteiger charge is 2.22. The summed E-state index contributed by atoms with van der Waals surface area (Å²) in [5, 5.41) is 0.632. The number of ether oxygens (including phenoxy) is 1. The molecule has 1 aromatic carbocycles. The Morgan fingerprint density at radius 3 is 2.35 bits per heavy atom. The van der Waals surface area contributed by atoms with Crippen molar-refractivity contribution in [1.82, 2.24) is 4.98 Å². The number of halogens is 1. The third kappa shape index (κ3) is 2.27. The lowest BCUT2D eigenvalue weighted by Gasteiger charge is -2.11. The number of pyridine rings is 1. The molecule has 1 aliphatic carbocycles. The zero-order valence-corrected chi connectivity index (χ0v) is 10.0. The number of aromatic nitrogens is 1. The van der Waals surface area contributed by atoms with Crippen LogP contribution in [0.1, 0.15) is 11.1 Å². The summed E-state index contributed by atoms with van der Waals surface area (Å²) in [5.41, 5.74) is 2.76. The normalized spacial score (nSPS) is 14.6. The fraction of sp³-hybridized carbons (Fsp3) is 0.214. The first kappa shape index (κ1) is 10.6. The van der Waals surface area contributed by atoms with Gasteiger partial charge in [0.1, 0.15) is 6.10 Å². The van der Waals surface area contributed by atoms with Crippen molar-refractivity contribution < 1.29 is 4.74 Å². The topological polar surface area (TPSA) is 22.1 Å². The number of hydrogen-bond donors (Lipinski definition) is 0. The van der Waals surface area contributed by atoms with E-state index in [1.165, 1.54) is 11.1 Å². The van der Waals surface area contributed by atoms with Gasteiger partial charge in [-0.05, 0) is 17.2 Å². The second-order valence-corrected chi connectivity index (χ2v) is 4.67. The van der Waals surface area contributed by atoms with E-state index in [0.717, 1.165) is 12.8 Å². The van der Waals surface area contributed by atoms with Crippen LogP contribution in [0.5, 0.6) is 5.88 Å². The maximum atomic E-state index is 5.84. The van der Waals surface area contributed by atoms with Crippen LogP contribution in [-0.2, 0) is 12.8 Å². The van der Waals surface area contributed by atoms with E-state index in [2.05, 4.69) is 29.2 Å². The Morgan fingerprint density at radius 2 is 1.76 bits per heavy atom. The number of hydrogen-bond acceptors (Lipinski definition) is 2. The number of nitrogens with zero attached hydrogens (tertiary/aromatic N) is 1. The van der Waals surface area contributed by atoms with Gasteiger partial charge in [0.25, 0.3) is 0 Å². The summed E-state index contributed by atoms with van der Waals surface area (Å²) < 4.78 is 5.84. The summed E-state index contributed by atoms with van der Waals surface area (Å²) in [7, 11) is 0. The fourth-order valence-corrected chi connectivity index (χ4v) is 2.32. The van der Waals surface area contributed by atoms with E-state index >= 15 is 0 Å². The van der Waals surface area contributed by atoms with Gasteiger partial charge in [-0.2, -0.15) is 0 Å². The van der Waals surface area contributed by atoms with Gasteiger partial charge in [0.2, 0.25) is 5.88 Å². The molecular formula is C14H12ClNO. The third-order valence-electron chi connectivity index (χ3n) is 3.00. The standard InChI is InChI=1S/C14H12ClNO/c15-12-5-6-14(16-9-12)17-13-7-10-3-1-2-4-11(10)8-13/h1-6,9,13H,7-8H2. The summed E-state index contributed by atoms with van der Waals surface area (Å²) in [6.07, 6.45) is 3.72. The lowest BCUT2D eigenvalue weighted by molar-refractivity contribution is 0.205. The predicted molar refractivity (Wildman–Crippen MR) is 67.5 cm³/mol. The van der Waals surface area contributed by atoms with E-state index < -0.39 is 0 Å². The molecule has 17 heavy (non-hydrogen) atoms. The Morgan fingerprint density at radius 1 is 1.06 bits per heavy atom. The molecule has 0 saturated carbocycles. The summed E-state index contributed by atoms with van der Waals surface area (Å²) in [6, 6.07) is 12.1. The Labute approximate surface area is 105 Å². The van der Waals surface area contributed by atoms with Gasteiger partial charge in [-0.25, -0.2) is 4.98 Å². The number of rotatable bonds is 2. The largest absolute Gasteiger partial charge is 0.474 e. The van der Waals surface area contributed by atoms with E-state index in [1.54, 1.807) is 12.3 Å². The lowest BCUT2D eigenvalue weighted by atomic mass is 10.1. The maximum absolute atomic E-state index is 5.84. The molecule has 1 aliphatic rings. The number of fused-ring (bicyclic) bond motifs is 1. The van der Waals surface area contributed by atoms with Gasteiger partial charge in [0.05, 0.1) is 5.02 Å². The Bertz CT molecular complexity index is 499. The molecule has 0 bridgehead atoms. The molecule has 1 aromatic heterocycles. The molecule has 0 atom stereocenters. The molecule has 86 valence electrons. The van der Waals surface area contributed by atoms with Crippen LogP contribution < -0.4 is 4.74 Å². The second-order valence-electron chi connectivity index (χ2n) is 4.23. The van der Waals surface area contributed by atoms with Crippen LogP contribution in [0.4, 0.5) is 0 Å². The average molecular weight is 246 g/mol. The minimum atomic E-state index is 0.195. The molecule has 2 aromatic rings. The molecule has 1 heterocycles. The van der Waals surface area contributed by atoms with Crippen LogP contribution in [0.2, 0.25) is 5.02 Å². The van der Waals surface area contributed by atoms with Gasteiger partial charge >= 0.3 is 0 Å². The molecule has 3 rings (SSSR count). The van der Waals surface area contributed by atoms with Gasteiger partial charge < -0.3 is 4.74 Å². The predicted octanol–water partition coefficient (Wildman–Crippen LogP) is 3.28. The van der Waals surface area contributed by atoms with Crippen molar-refractivity contribution in [3.63, 3.8) is 0 Å².